The van der Waals surface area contributed by atoms with Crippen LogP contribution < -0.4 is 5.69 Å². The van der Waals surface area contributed by atoms with Crippen molar-refractivity contribution in [1.82, 2.24) is 14.8 Å². The van der Waals surface area contributed by atoms with Gasteiger partial charge in [0.2, 0.25) is 5.95 Å². The highest BCUT2D eigenvalue weighted by Gasteiger charge is 2.23. The summed E-state index contributed by atoms with van der Waals surface area (Å²) in [5.74, 6) is -1.24. The van der Waals surface area contributed by atoms with Crippen molar-refractivity contribution in [1.29, 1.82) is 0 Å². The zero-order chi connectivity index (χ0) is 19.2. The molecule has 7 nitrogen and oxygen atoms in total. The molecule has 0 unspecified atom stereocenters. The zero-order valence-electron chi connectivity index (χ0n) is 14.9. The zero-order valence-corrected chi connectivity index (χ0v) is 14.9. The van der Waals surface area contributed by atoms with Crippen LogP contribution in [0.2, 0.25) is 0 Å². The van der Waals surface area contributed by atoms with Gasteiger partial charge in [-0.3, -0.25) is 0 Å². The average Bonchev–Trinajstić information content (AvgIpc) is 2.66. The second-order valence-electron chi connectivity index (χ2n) is 6.88. The lowest BCUT2D eigenvalue weighted by Gasteiger charge is -2.28. The minimum atomic E-state index is -0.966. The monoisotopic (exact) mass is 375 g/mol. The average molecular weight is 375 g/mol. The van der Waals surface area contributed by atoms with Crippen molar-refractivity contribution in [2.45, 2.75) is 32.2 Å². The Bertz CT molecular complexity index is 833. The SMILES string of the molecule is O=C(O)COCC1CCC(Cn2nc(-c3ccccc3)c(F)nc2=O)CC1. The maximum Gasteiger partial charge on any atom is 0.366 e. The second kappa shape index (κ2) is 8.85. The van der Waals surface area contributed by atoms with Crippen LogP contribution in [0.25, 0.3) is 11.3 Å². The second-order valence-corrected chi connectivity index (χ2v) is 6.88. The number of ether oxygens (including phenoxy) is 1. The number of nitrogens with zero attached hydrogens (tertiary/aromatic N) is 3. The summed E-state index contributed by atoms with van der Waals surface area (Å²) in [6.45, 7) is 0.560. The van der Waals surface area contributed by atoms with Crippen molar-refractivity contribution in [3.05, 3.63) is 46.8 Å². The summed E-state index contributed by atoms with van der Waals surface area (Å²) in [5.41, 5.74) is -0.0272. The summed E-state index contributed by atoms with van der Waals surface area (Å²) in [5, 5.41) is 12.8. The quantitative estimate of drug-likeness (QED) is 0.798. The van der Waals surface area contributed by atoms with Gasteiger partial charge in [-0.1, -0.05) is 30.3 Å². The highest BCUT2D eigenvalue weighted by molar-refractivity contribution is 5.67. The van der Waals surface area contributed by atoms with Crippen molar-refractivity contribution >= 4 is 5.97 Å². The third kappa shape index (κ3) is 5.19. The molecule has 1 aromatic carbocycles. The lowest BCUT2D eigenvalue weighted by Crippen LogP contribution is -2.32. The van der Waals surface area contributed by atoms with E-state index in [1.165, 1.54) is 4.68 Å². The molecule has 2 aromatic rings. The lowest BCUT2D eigenvalue weighted by molar-refractivity contribution is -0.142. The fourth-order valence-corrected chi connectivity index (χ4v) is 3.43. The maximum absolute atomic E-state index is 14.1. The summed E-state index contributed by atoms with van der Waals surface area (Å²) in [6, 6.07) is 8.83. The Morgan fingerprint density at radius 2 is 1.85 bits per heavy atom. The van der Waals surface area contributed by atoms with Gasteiger partial charge in [-0.25, -0.2) is 14.3 Å². The van der Waals surface area contributed by atoms with Gasteiger partial charge in [0.25, 0.3) is 0 Å². The number of benzene rings is 1. The predicted molar refractivity (Wildman–Crippen MR) is 95.6 cm³/mol. The fraction of sp³-hybridized carbons (Fsp3) is 0.474. The van der Waals surface area contributed by atoms with Gasteiger partial charge in [0.05, 0.1) is 6.61 Å². The van der Waals surface area contributed by atoms with Gasteiger partial charge in [-0.2, -0.15) is 14.5 Å². The standard InChI is InChI=1S/C19H22FN3O4/c20-18-17(15-4-2-1-3-5-15)22-23(19(26)21-18)10-13-6-8-14(9-7-13)11-27-12-16(24)25/h1-5,13-14H,6-12H2,(H,24,25). The Kier molecular flexibility index (Phi) is 6.28. The van der Waals surface area contributed by atoms with Gasteiger partial charge in [0.1, 0.15) is 12.3 Å². The van der Waals surface area contributed by atoms with Crippen LogP contribution in [0.15, 0.2) is 35.1 Å². The molecule has 3 rings (SSSR count). The van der Waals surface area contributed by atoms with Gasteiger partial charge in [-0.05, 0) is 37.5 Å². The molecule has 0 aliphatic heterocycles. The number of halogens is 1. The van der Waals surface area contributed by atoms with Gasteiger partial charge in [0, 0.05) is 12.1 Å². The molecule has 1 aromatic heterocycles. The van der Waals surface area contributed by atoms with E-state index in [1.807, 2.05) is 6.07 Å². The largest absolute Gasteiger partial charge is 0.480 e. The van der Waals surface area contributed by atoms with Crippen LogP contribution in [0.3, 0.4) is 0 Å². The van der Waals surface area contributed by atoms with Crippen LogP contribution >= 0.6 is 0 Å². The lowest BCUT2D eigenvalue weighted by atomic mass is 9.82. The molecule has 1 aliphatic rings. The number of hydrogen-bond donors (Lipinski definition) is 1. The molecule has 1 N–H and O–H groups in total. The molecule has 8 heteroatoms. The summed E-state index contributed by atoms with van der Waals surface area (Å²) < 4.78 is 20.5. The normalized spacial score (nSPS) is 19.7. The molecule has 144 valence electrons. The molecule has 1 aliphatic carbocycles. The number of aromatic nitrogens is 3. The van der Waals surface area contributed by atoms with Gasteiger partial charge >= 0.3 is 11.7 Å². The molecule has 1 heterocycles. The van der Waals surface area contributed by atoms with Crippen molar-refractivity contribution in [3.63, 3.8) is 0 Å². The number of carboxylic acid groups (broad SMARTS) is 1. The highest BCUT2D eigenvalue weighted by atomic mass is 19.1. The Hall–Kier alpha value is -2.61. The first-order valence-corrected chi connectivity index (χ1v) is 9.02. The van der Waals surface area contributed by atoms with Crippen molar-refractivity contribution in [3.8, 4) is 11.3 Å². The molecule has 1 saturated carbocycles. The Morgan fingerprint density at radius 3 is 2.52 bits per heavy atom. The van der Waals surface area contributed by atoms with E-state index >= 15 is 0 Å². The van der Waals surface area contributed by atoms with Crippen molar-refractivity contribution in [2.75, 3.05) is 13.2 Å². The van der Waals surface area contributed by atoms with E-state index in [1.54, 1.807) is 24.3 Å². The molecule has 27 heavy (non-hydrogen) atoms. The Balaban J connectivity index is 1.62. The summed E-state index contributed by atoms with van der Waals surface area (Å²) in [7, 11) is 0. The van der Waals surface area contributed by atoms with E-state index in [2.05, 4.69) is 10.1 Å². The Labute approximate surface area is 155 Å². The molecule has 0 atom stereocenters. The predicted octanol–water partition coefficient (Wildman–Crippen LogP) is 2.35. The smallest absolute Gasteiger partial charge is 0.366 e. The van der Waals surface area contributed by atoms with Crippen molar-refractivity contribution in [2.24, 2.45) is 11.8 Å². The molecular formula is C19H22FN3O4. The number of rotatable bonds is 7. The Morgan fingerprint density at radius 1 is 1.19 bits per heavy atom. The van der Waals surface area contributed by atoms with Crippen LogP contribution in [0.4, 0.5) is 4.39 Å². The minimum absolute atomic E-state index is 0.0750. The van der Waals surface area contributed by atoms with E-state index < -0.39 is 17.6 Å². The first kappa shape index (κ1) is 19.2. The molecule has 0 radical (unpaired) electrons. The molecular weight excluding hydrogens is 353 g/mol. The summed E-state index contributed by atoms with van der Waals surface area (Å²) in [4.78, 5) is 26.0. The van der Waals surface area contributed by atoms with E-state index in [4.69, 9.17) is 9.84 Å². The van der Waals surface area contributed by atoms with Gasteiger partial charge < -0.3 is 9.84 Å². The van der Waals surface area contributed by atoms with Gasteiger partial charge in [0.15, 0.2) is 0 Å². The summed E-state index contributed by atoms with van der Waals surface area (Å²) in [6.07, 6.45) is 3.57. The van der Waals surface area contributed by atoms with E-state index in [-0.39, 0.29) is 18.2 Å². The van der Waals surface area contributed by atoms with Crippen molar-refractivity contribution < 1.29 is 19.0 Å². The van der Waals surface area contributed by atoms with E-state index in [9.17, 15) is 14.0 Å². The molecule has 0 spiro atoms. The molecule has 0 amide bonds. The maximum atomic E-state index is 14.1. The summed E-state index contributed by atoms with van der Waals surface area (Å²) >= 11 is 0. The van der Waals surface area contributed by atoms with Crippen LogP contribution in [-0.2, 0) is 16.1 Å². The first-order chi connectivity index (χ1) is 13.0. The number of carboxylic acids is 1. The van der Waals surface area contributed by atoms with Gasteiger partial charge in [-0.15, -0.1) is 0 Å². The minimum Gasteiger partial charge on any atom is -0.480 e. The first-order valence-electron chi connectivity index (χ1n) is 9.02. The van der Waals surface area contributed by atoms with Crippen LogP contribution in [0, 0.1) is 17.8 Å². The van der Waals surface area contributed by atoms with Crippen LogP contribution in [-0.4, -0.2) is 39.1 Å². The molecule has 0 bridgehead atoms. The molecule has 1 fully saturated rings. The topological polar surface area (TPSA) is 94.3 Å². The van der Waals surface area contributed by atoms with Crippen LogP contribution in [0.5, 0.6) is 0 Å². The van der Waals surface area contributed by atoms with E-state index in [0.717, 1.165) is 25.7 Å². The molecule has 0 saturated heterocycles. The van der Waals surface area contributed by atoms with E-state index in [0.29, 0.717) is 24.6 Å². The third-order valence-corrected chi connectivity index (χ3v) is 4.85. The number of aliphatic carboxylic acids is 1. The highest BCUT2D eigenvalue weighted by Crippen LogP contribution is 2.29. The third-order valence-electron chi connectivity index (χ3n) is 4.85. The van der Waals surface area contributed by atoms with Crippen LogP contribution in [0.1, 0.15) is 25.7 Å². The fourth-order valence-electron chi connectivity index (χ4n) is 3.43. The number of hydrogen-bond acceptors (Lipinski definition) is 5. The number of carbonyl (C=O) groups is 1.